The first-order valence-corrected chi connectivity index (χ1v) is 0.612. The molecule has 0 fully saturated rings. The maximum Gasteiger partial charge on any atom is 0 e. The van der Waals surface area contributed by atoms with Crippen molar-refractivity contribution >= 4 is 6.16 Å². The Morgan fingerprint density at radius 3 is 1.17 bits per heavy atom. The molecule has 0 atom stereocenters. The van der Waals surface area contributed by atoms with E-state index in [4.69, 9.17) is 15.0 Å². The van der Waals surface area contributed by atoms with E-state index in [0.29, 0.717) is 0 Å². The van der Waals surface area contributed by atoms with E-state index >= 15 is 0 Å². The van der Waals surface area contributed by atoms with Gasteiger partial charge >= 0.3 is 0 Å². The van der Waals surface area contributed by atoms with E-state index in [2.05, 4.69) is 0 Å². The molecule has 0 spiro atoms. The average molecular weight is 242 g/mol. The van der Waals surface area contributed by atoms with Crippen LogP contribution in [0.15, 0.2) is 0 Å². The Morgan fingerprint density at radius 1 is 1.17 bits per heavy atom. The first kappa shape index (κ1) is 15.7. The van der Waals surface area contributed by atoms with Crippen LogP contribution in [0.5, 0.6) is 0 Å². The van der Waals surface area contributed by atoms with Crippen LogP contribution in [0.25, 0.3) is 0 Å². The smallest absolute Gasteiger partial charge is 0 e. The summed E-state index contributed by atoms with van der Waals surface area (Å²) in [5.41, 5.74) is 0. The molecular weight excluding hydrogens is 242 g/mol. The maximum absolute atomic E-state index is 8.33. The van der Waals surface area contributed by atoms with Crippen molar-refractivity contribution in [2.45, 2.75) is 0 Å². The molecule has 0 bridgehead atoms. The molecule has 0 saturated heterocycles. The third-order valence-electron chi connectivity index (χ3n) is 0. The fourth-order valence-corrected chi connectivity index (χ4v) is 0. The van der Waals surface area contributed by atoms with Crippen LogP contribution in [0.3, 0.4) is 0 Å². The molecule has 0 aliphatic rings. The fourth-order valence-electron chi connectivity index (χ4n) is 0. The molecule has 5 heteroatoms. The number of rotatable bonds is 0. The van der Waals surface area contributed by atoms with E-state index in [-0.39, 0.29) is 52.4 Å². The zero-order valence-electron chi connectivity index (χ0n) is 2.72. The number of hydrogen-bond donors (Lipinski definition) is 0. The van der Waals surface area contributed by atoms with Gasteiger partial charge in [-0.3, -0.25) is 0 Å². The van der Waals surface area contributed by atoms with Crippen LogP contribution < -0.4 is 10.2 Å². The molecule has 32 valence electrons. The van der Waals surface area contributed by atoms with Gasteiger partial charge in [0.2, 0.25) is 0 Å². The Bertz CT molecular complexity index is 31.8. The van der Waals surface area contributed by atoms with Gasteiger partial charge in [-0.25, -0.2) is 0 Å². The average Bonchev–Trinajstić information content (AvgIpc) is 0.811. The van der Waals surface area contributed by atoms with E-state index in [9.17, 15) is 0 Å². The Hall–Kier alpha value is 1.04. The second kappa shape index (κ2) is 9.40. The summed E-state index contributed by atoms with van der Waals surface area (Å²) in [4.78, 5) is 8.33. The zero-order chi connectivity index (χ0) is 3.58. The predicted molar refractivity (Wildman–Crippen MR) is 5.40 cm³/mol. The zero-order valence-corrected chi connectivity index (χ0v) is 7.64. The van der Waals surface area contributed by atoms with Gasteiger partial charge in [-0.05, 0) is 6.16 Å². The molecule has 0 N–H and O–H groups in total. The number of carbonyl (C=O) groups excluding carboxylic acids is 1. The van der Waals surface area contributed by atoms with Crippen LogP contribution in [-0.4, -0.2) is 6.16 Å². The molecule has 3 nitrogen and oxygen atoms in total. The van der Waals surface area contributed by atoms with E-state index in [1.54, 1.807) is 0 Å². The van der Waals surface area contributed by atoms with Gasteiger partial charge in [0.05, 0.1) is 0 Å². The molecule has 0 aromatic rings. The van der Waals surface area contributed by atoms with Crippen molar-refractivity contribution in [1.29, 1.82) is 0 Å². The van der Waals surface area contributed by atoms with Crippen molar-refractivity contribution < 1.29 is 67.4 Å². The summed E-state index contributed by atoms with van der Waals surface area (Å²) in [6.45, 7) is 0. The molecule has 0 aromatic carbocycles. The van der Waals surface area contributed by atoms with Crippen molar-refractivity contribution in [3.05, 3.63) is 0 Å². The van der Waals surface area contributed by atoms with Gasteiger partial charge < -0.3 is 15.0 Å². The van der Waals surface area contributed by atoms with Crippen molar-refractivity contribution in [3.8, 4) is 0 Å². The van der Waals surface area contributed by atoms with Gasteiger partial charge in [-0.2, -0.15) is 0 Å². The van der Waals surface area contributed by atoms with Crippen molar-refractivity contribution in [2.75, 3.05) is 0 Å². The van der Waals surface area contributed by atoms with Crippen LogP contribution in [0, 0.1) is 0 Å². The van der Waals surface area contributed by atoms with Crippen LogP contribution in [-0.2, 0) is 52.4 Å². The topological polar surface area (TPSA) is 63.2 Å². The summed E-state index contributed by atoms with van der Waals surface area (Å²) in [5, 5.41) is 16.7. The molecule has 0 rings (SSSR count). The summed E-state index contributed by atoms with van der Waals surface area (Å²) in [5.74, 6) is 0. The van der Waals surface area contributed by atoms with Crippen molar-refractivity contribution in [1.82, 2.24) is 0 Å². The van der Waals surface area contributed by atoms with Crippen LogP contribution in [0.4, 0.5) is 4.79 Å². The first-order chi connectivity index (χ1) is 1.73. The van der Waals surface area contributed by atoms with Gasteiger partial charge in [0.1, 0.15) is 0 Å². The molecule has 6 heavy (non-hydrogen) atoms. The van der Waals surface area contributed by atoms with Gasteiger partial charge in [0.15, 0.2) is 0 Å². The monoisotopic (exact) mass is 240 g/mol. The van der Waals surface area contributed by atoms with Gasteiger partial charge in [0, 0.05) is 52.4 Å². The molecule has 0 unspecified atom stereocenters. The van der Waals surface area contributed by atoms with E-state index in [1.165, 1.54) is 0 Å². The van der Waals surface area contributed by atoms with Gasteiger partial charge in [0.25, 0.3) is 0 Å². The standard InChI is InChI=1S/CH2O3.2Zr/c2-1(3)4;;/h(H2,2,3,4);;/p-2. The minimum Gasteiger partial charge on any atom is -0.652 e. The van der Waals surface area contributed by atoms with Crippen LogP contribution in [0.2, 0.25) is 0 Å². The summed E-state index contributed by atoms with van der Waals surface area (Å²) in [7, 11) is 0. The molecule has 0 radical (unpaired) electrons. The van der Waals surface area contributed by atoms with Gasteiger partial charge in [-0.1, -0.05) is 0 Å². The summed E-state index contributed by atoms with van der Waals surface area (Å²) in [6, 6.07) is 0. The second-order valence-corrected chi connectivity index (χ2v) is 0.250. The molecule has 0 amide bonds. The first-order valence-electron chi connectivity index (χ1n) is 0.612. The minimum absolute atomic E-state index is 0. The molecular formula is CO3Zr2-2. The Kier molecular flexibility index (Phi) is 24.6. The molecule has 0 aromatic heterocycles. The summed E-state index contributed by atoms with van der Waals surface area (Å²) >= 11 is 0. The van der Waals surface area contributed by atoms with Crippen LogP contribution >= 0.6 is 0 Å². The Labute approximate surface area is 73.0 Å². The quantitative estimate of drug-likeness (QED) is 0.474. The maximum atomic E-state index is 8.33. The summed E-state index contributed by atoms with van der Waals surface area (Å²) < 4.78 is 0. The number of carbonyl (C=O) groups is 1. The molecule has 0 heterocycles. The van der Waals surface area contributed by atoms with Crippen molar-refractivity contribution in [3.63, 3.8) is 0 Å². The minimum atomic E-state index is -2.33. The molecule has 0 aliphatic heterocycles. The largest absolute Gasteiger partial charge is 0.652 e. The van der Waals surface area contributed by atoms with E-state index in [0.717, 1.165) is 0 Å². The third-order valence-corrected chi connectivity index (χ3v) is 0. The van der Waals surface area contributed by atoms with E-state index in [1.807, 2.05) is 0 Å². The SMILES string of the molecule is O=C([O-])[O-].[Zr].[Zr]. The van der Waals surface area contributed by atoms with Crippen LogP contribution in [0.1, 0.15) is 0 Å². The fraction of sp³-hybridized carbons (Fsp3) is 0. The Morgan fingerprint density at radius 2 is 1.17 bits per heavy atom. The number of hydrogen-bond acceptors (Lipinski definition) is 3. The molecule has 0 aliphatic carbocycles. The van der Waals surface area contributed by atoms with Gasteiger partial charge in [-0.15, -0.1) is 0 Å². The second-order valence-electron chi connectivity index (χ2n) is 0.250. The predicted octanol–water partition coefficient (Wildman–Crippen LogP) is -2.45. The van der Waals surface area contributed by atoms with Crippen molar-refractivity contribution in [2.24, 2.45) is 0 Å². The van der Waals surface area contributed by atoms with E-state index < -0.39 is 6.16 Å². The Balaban J connectivity index is -0.0000000450. The summed E-state index contributed by atoms with van der Waals surface area (Å²) in [6.07, 6.45) is -2.33. The number of carboxylic acid groups (broad SMARTS) is 2. The molecule has 0 saturated carbocycles. The normalized spacial score (nSPS) is 4.00. The third kappa shape index (κ3) is 76.4.